The average Bonchev–Trinajstić information content (AvgIpc) is 2.23. The van der Waals surface area contributed by atoms with Crippen LogP contribution in [0.3, 0.4) is 0 Å². The molecule has 3 heteroatoms. The van der Waals surface area contributed by atoms with Gasteiger partial charge in [-0.1, -0.05) is 0 Å². The molecule has 0 atom stereocenters. The molecule has 1 rings (SSSR count). The fourth-order valence-corrected chi connectivity index (χ4v) is 0.340. The fraction of sp³-hybridized carbons (Fsp3) is 0.333. The Morgan fingerprint density at radius 2 is 2.00 bits per heavy atom. The smallest absolute Gasteiger partial charge is 1.00 e. The van der Waals surface area contributed by atoms with Crippen LogP contribution in [0.15, 0.2) is 18.2 Å². The maximum atomic E-state index is 7.00. The minimum atomic E-state index is 0. The van der Waals surface area contributed by atoms with Gasteiger partial charge < -0.3 is 17.5 Å². The zero-order valence-electron chi connectivity index (χ0n) is 5.26. The van der Waals surface area contributed by atoms with E-state index in [1.807, 2.05) is 12.2 Å². The summed E-state index contributed by atoms with van der Waals surface area (Å²) in [5.41, 5.74) is 0. The molecule has 0 aromatic heterocycles. The average molecular weight is 224 g/mol. The molecule has 0 fully saturated rings. The van der Waals surface area contributed by atoms with E-state index in [2.05, 4.69) is 12.2 Å². The molecule has 0 aromatic carbocycles. The zero-order valence-corrected chi connectivity index (χ0v) is 8.48. The summed E-state index contributed by atoms with van der Waals surface area (Å²) < 4.78 is 0. The molecular weight excluding hydrogens is 215 g/mol. The molecule has 1 N–H and O–H groups in total. The number of halogens is 1. The van der Waals surface area contributed by atoms with E-state index in [4.69, 9.17) is 5.11 Å². The molecule has 9 heavy (non-hydrogen) atoms. The SMILES string of the molecule is CO.[C-]1=CC=CC1.[Cl-].[Zr+2]. The molecule has 0 spiro atoms. The predicted molar refractivity (Wildman–Crippen MR) is 29.7 cm³/mol. The molecule has 1 aliphatic carbocycles. The summed E-state index contributed by atoms with van der Waals surface area (Å²) in [6.07, 6.45) is 10.0. The number of aliphatic hydroxyl groups is 1. The maximum Gasteiger partial charge on any atom is 2.00 e. The van der Waals surface area contributed by atoms with Crippen molar-refractivity contribution in [2.75, 3.05) is 7.11 Å². The van der Waals surface area contributed by atoms with E-state index < -0.39 is 0 Å². The molecule has 0 saturated heterocycles. The van der Waals surface area contributed by atoms with Gasteiger partial charge >= 0.3 is 26.2 Å². The van der Waals surface area contributed by atoms with E-state index >= 15 is 0 Å². The number of allylic oxidation sites excluding steroid dienone is 4. The van der Waals surface area contributed by atoms with Crippen LogP contribution in [0, 0.1) is 6.08 Å². The second-order valence-electron chi connectivity index (χ2n) is 1.00. The molecule has 50 valence electrons. The largest absolute Gasteiger partial charge is 2.00 e. The van der Waals surface area contributed by atoms with E-state index in [0.29, 0.717) is 0 Å². The number of rotatable bonds is 0. The molecule has 0 unspecified atom stereocenters. The number of hydrogen-bond acceptors (Lipinski definition) is 1. The van der Waals surface area contributed by atoms with Gasteiger partial charge in [-0.25, -0.2) is 12.2 Å². The number of hydrogen-bond donors (Lipinski definition) is 1. The molecule has 0 aromatic rings. The standard InChI is InChI=1S/C5H5.CH4O.ClH.Zr/c1-2-4-5-3-1;1-2;;/h1-3H,4H2;2H,1H3;1H;/q-1;;;+2/p-1. The third-order valence-electron chi connectivity index (χ3n) is 0.586. The Morgan fingerprint density at radius 3 is 2.11 bits per heavy atom. The second kappa shape index (κ2) is 15.8. The van der Waals surface area contributed by atoms with E-state index in [0.717, 1.165) is 13.5 Å². The fourth-order valence-electron chi connectivity index (χ4n) is 0.340. The minimum absolute atomic E-state index is 0. The van der Waals surface area contributed by atoms with Crippen molar-refractivity contribution in [3.63, 3.8) is 0 Å². The van der Waals surface area contributed by atoms with E-state index in [1.54, 1.807) is 0 Å². The summed E-state index contributed by atoms with van der Waals surface area (Å²) in [7, 11) is 1.00. The predicted octanol–water partition coefficient (Wildman–Crippen LogP) is -2.08. The van der Waals surface area contributed by atoms with E-state index in [9.17, 15) is 0 Å². The van der Waals surface area contributed by atoms with Crippen LogP contribution < -0.4 is 12.4 Å². The first kappa shape index (κ1) is 16.3. The summed E-state index contributed by atoms with van der Waals surface area (Å²) >= 11 is 0. The van der Waals surface area contributed by atoms with Crippen molar-refractivity contribution < 1.29 is 43.7 Å². The normalized spacial score (nSPS) is 10.4. The van der Waals surface area contributed by atoms with Crippen LogP contribution in [-0.2, 0) is 26.2 Å². The van der Waals surface area contributed by atoms with Gasteiger partial charge in [0.1, 0.15) is 0 Å². The first-order valence-electron chi connectivity index (χ1n) is 2.16. The Kier molecular flexibility index (Phi) is 28.7. The summed E-state index contributed by atoms with van der Waals surface area (Å²) in [6.45, 7) is 0. The van der Waals surface area contributed by atoms with Crippen LogP contribution in [0.2, 0.25) is 0 Å². The van der Waals surface area contributed by atoms with E-state index in [1.165, 1.54) is 0 Å². The Balaban J connectivity index is -0.0000000836. The molecule has 0 bridgehead atoms. The van der Waals surface area contributed by atoms with Gasteiger partial charge in [0.15, 0.2) is 0 Å². The van der Waals surface area contributed by atoms with Crippen LogP contribution >= 0.6 is 0 Å². The topological polar surface area (TPSA) is 20.2 Å². The molecule has 0 aliphatic heterocycles. The molecule has 1 nitrogen and oxygen atoms in total. The van der Waals surface area contributed by atoms with Crippen molar-refractivity contribution in [2.24, 2.45) is 0 Å². The van der Waals surface area contributed by atoms with Crippen molar-refractivity contribution in [1.29, 1.82) is 0 Å². The van der Waals surface area contributed by atoms with Crippen molar-refractivity contribution in [2.45, 2.75) is 6.42 Å². The maximum absolute atomic E-state index is 7.00. The van der Waals surface area contributed by atoms with Crippen molar-refractivity contribution in [1.82, 2.24) is 0 Å². The van der Waals surface area contributed by atoms with Crippen molar-refractivity contribution >= 4 is 0 Å². The van der Waals surface area contributed by atoms with Gasteiger partial charge in [-0.05, 0) is 0 Å². The van der Waals surface area contributed by atoms with Gasteiger partial charge in [-0.15, -0.1) is 6.42 Å². The molecule has 0 saturated carbocycles. The van der Waals surface area contributed by atoms with E-state index in [-0.39, 0.29) is 38.6 Å². The third kappa shape index (κ3) is 12.0. The first-order valence-corrected chi connectivity index (χ1v) is 2.16. The molecule has 0 radical (unpaired) electrons. The van der Waals surface area contributed by atoms with Crippen LogP contribution in [0.4, 0.5) is 0 Å². The van der Waals surface area contributed by atoms with Gasteiger partial charge in [0.25, 0.3) is 0 Å². The van der Waals surface area contributed by atoms with Crippen LogP contribution in [-0.4, -0.2) is 12.2 Å². The monoisotopic (exact) mass is 222 g/mol. The molecular formula is C6H9ClOZr. The Bertz CT molecular complexity index is 71.1. The Labute approximate surface area is 81.4 Å². The number of aliphatic hydroxyl groups excluding tert-OH is 1. The summed E-state index contributed by atoms with van der Waals surface area (Å²) in [5, 5.41) is 7.00. The van der Waals surface area contributed by atoms with Gasteiger partial charge in [0, 0.05) is 7.11 Å². The summed E-state index contributed by atoms with van der Waals surface area (Å²) in [4.78, 5) is 0. The Morgan fingerprint density at radius 1 is 1.44 bits per heavy atom. The van der Waals surface area contributed by atoms with Crippen LogP contribution in [0.5, 0.6) is 0 Å². The van der Waals surface area contributed by atoms with Gasteiger partial charge in [-0.2, -0.15) is 6.08 Å². The Hall–Kier alpha value is 0.613. The zero-order chi connectivity index (χ0) is 5.54. The second-order valence-corrected chi connectivity index (χ2v) is 1.00. The summed E-state index contributed by atoms with van der Waals surface area (Å²) in [5.74, 6) is 0. The van der Waals surface area contributed by atoms with Crippen molar-refractivity contribution in [3.05, 3.63) is 24.3 Å². The molecule has 0 heterocycles. The first-order chi connectivity index (χ1) is 3.50. The molecule has 1 aliphatic rings. The van der Waals surface area contributed by atoms with Gasteiger partial charge in [-0.3, -0.25) is 6.08 Å². The van der Waals surface area contributed by atoms with Crippen LogP contribution in [0.1, 0.15) is 6.42 Å². The van der Waals surface area contributed by atoms with Gasteiger partial charge in [0.2, 0.25) is 0 Å². The van der Waals surface area contributed by atoms with Gasteiger partial charge in [0.05, 0.1) is 0 Å². The minimum Gasteiger partial charge on any atom is -1.00 e. The molecule has 0 amide bonds. The van der Waals surface area contributed by atoms with Crippen LogP contribution in [0.25, 0.3) is 0 Å². The quantitative estimate of drug-likeness (QED) is 0.468. The van der Waals surface area contributed by atoms with Crippen molar-refractivity contribution in [3.8, 4) is 0 Å². The summed E-state index contributed by atoms with van der Waals surface area (Å²) in [6, 6.07) is 0. The third-order valence-corrected chi connectivity index (χ3v) is 0.586.